The number of carbonyl (C=O) groups excluding carboxylic acids is 1. The predicted molar refractivity (Wildman–Crippen MR) is 48.5 cm³/mol. The van der Waals surface area contributed by atoms with Crippen LogP contribution in [0, 0.1) is 5.41 Å². The number of hydrogen-bond acceptors (Lipinski definition) is 1. The summed E-state index contributed by atoms with van der Waals surface area (Å²) in [7, 11) is 0. The molecule has 0 spiro atoms. The quantitative estimate of drug-likeness (QED) is 0.571. The summed E-state index contributed by atoms with van der Waals surface area (Å²) >= 11 is 0. The molecule has 0 radical (unpaired) electrons. The maximum atomic E-state index is 11.4. The predicted octanol–water partition coefficient (Wildman–Crippen LogP) is 2.96. The number of hydrogen-bond donors (Lipinski definition) is 0. The van der Waals surface area contributed by atoms with Crippen molar-refractivity contribution < 1.29 is 4.79 Å². The van der Waals surface area contributed by atoms with Crippen LogP contribution in [-0.4, -0.2) is 5.78 Å². The van der Waals surface area contributed by atoms with Crippen molar-refractivity contribution in [2.75, 3.05) is 0 Å². The highest BCUT2D eigenvalue weighted by molar-refractivity contribution is 5.94. The van der Waals surface area contributed by atoms with E-state index in [-0.39, 0.29) is 11.2 Å². The summed E-state index contributed by atoms with van der Waals surface area (Å²) in [5, 5.41) is 0. The van der Waals surface area contributed by atoms with Crippen LogP contribution in [-0.2, 0) is 4.79 Å². The van der Waals surface area contributed by atoms with Gasteiger partial charge in [-0.3, -0.25) is 4.79 Å². The lowest BCUT2D eigenvalue weighted by molar-refractivity contribution is -0.122. The number of carbonyl (C=O) groups is 1. The van der Waals surface area contributed by atoms with Crippen LogP contribution in [0.3, 0.4) is 0 Å². The molecule has 0 aromatic rings. The van der Waals surface area contributed by atoms with E-state index < -0.39 is 0 Å². The molecule has 0 aliphatic carbocycles. The normalized spacial score (nSPS) is 11.0. The third-order valence-corrected chi connectivity index (χ3v) is 1.97. The van der Waals surface area contributed by atoms with Crippen LogP contribution in [0.1, 0.15) is 41.0 Å². The van der Waals surface area contributed by atoms with Crippen molar-refractivity contribution in [2.45, 2.75) is 41.0 Å². The Bertz CT molecular complexity index is 171. The molecule has 0 atom stereocenters. The molecule has 0 aliphatic heterocycles. The van der Waals surface area contributed by atoms with Crippen molar-refractivity contribution in [2.24, 2.45) is 5.41 Å². The lowest BCUT2D eigenvalue weighted by atomic mass is 9.85. The molecule has 0 fully saturated rings. The van der Waals surface area contributed by atoms with Gasteiger partial charge in [0.1, 0.15) is 0 Å². The average Bonchev–Trinajstić information content (AvgIpc) is 1.86. The first kappa shape index (κ1) is 10.4. The minimum absolute atomic E-state index is 0.183. The summed E-state index contributed by atoms with van der Waals surface area (Å²) in [5.74, 6) is 0.236. The molecule has 1 heteroatoms. The smallest absolute Gasteiger partial charge is 0.161 e. The van der Waals surface area contributed by atoms with Gasteiger partial charge in [0.05, 0.1) is 0 Å². The Hall–Kier alpha value is -0.590. The summed E-state index contributed by atoms with van der Waals surface area (Å²) in [6.45, 7) is 9.90. The molecular weight excluding hydrogens is 136 g/mol. The maximum absolute atomic E-state index is 11.4. The maximum Gasteiger partial charge on any atom is 0.161 e. The molecule has 0 aromatic heterocycles. The fourth-order valence-corrected chi connectivity index (χ4v) is 0.632. The van der Waals surface area contributed by atoms with Gasteiger partial charge < -0.3 is 0 Å². The summed E-state index contributed by atoms with van der Waals surface area (Å²) in [5.41, 5.74) is 0.897. The summed E-state index contributed by atoms with van der Waals surface area (Å²) in [4.78, 5) is 11.4. The van der Waals surface area contributed by atoms with Gasteiger partial charge in [0.2, 0.25) is 0 Å². The average molecular weight is 154 g/mol. The van der Waals surface area contributed by atoms with Gasteiger partial charge in [-0.25, -0.2) is 0 Å². The van der Waals surface area contributed by atoms with Crippen LogP contribution in [0.5, 0.6) is 0 Å². The summed E-state index contributed by atoms with van der Waals surface area (Å²) in [6.07, 6.45) is 2.62. The lowest BCUT2D eigenvalue weighted by Gasteiger charge is -2.18. The highest BCUT2D eigenvalue weighted by Crippen LogP contribution is 2.21. The van der Waals surface area contributed by atoms with Crippen LogP contribution in [0.4, 0.5) is 0 Å². The molecule has 0 unspecified atom stereocenters. The highest BCUT2D eigenvalue weighted by atomic mass is 16.1. The topological polar surface area (TPSA) is 17.1 Å². The molecule has 0 aromatic carbocycles. The van der Waals surface area contributed by atoms with Crippen molar-refractivity contribution in [3.05, 3.63) is 11.6 Å². The first-order chi connectivity index (χ1) is 4.90. The second kappa shape index (κ2) is 3.70. The summed E-state index contributed by atoms with van der Waals surface area (Å²) < 4.78 is 0. The van der Waals surface area contributed by atoms with Crippen molar-refractivity contribution in [3.8, 4) is 0 Å². The van der Waals surface area contributed by atoms with E-state index >= 15 is 0 Å². The zero-order valence-electron chi connectivity index (χ0n) is 8.19. The van der Waals surface area contributed by atoms with Crippen LogP contribution in [0.15, 0.2) is 11.6 Å². The Labute approximate surface area is 69.5 Å². The molecule has 0 heterocycles. The third-order valence-electron chi connectivity index (χ3n) is 1.97. The van der Waals surface area contributed by atoms with E-state index in [4.69, 9.17) is 0 Å². The van der Waals surface area contributed by atoms with Gasteiger partial charge >= 0.3 is 0 Å². The van der Waals surface area contributed by atoms with E-state index in [2.05, 4.69) is 0 Å². The Morgan fingerprint density at radius 3 is 2.09 bits per heavy atom. The Morgan fingerprint density at radius 1 is 1.36 bits per heavy atom. The lowest BCUT2D eigenvalue weighted by Crippen LogP contribution is -2.21. The van der Waals surface area contributed by atoms with E-state index in [0.29, 0.717) is 0 Å². The fourth-order valence-electron chi connectivity index (χ4n) is 0.632. The number of ketones is 1. The molecule has 0 saturated carbocycles. The van der Waals surface area contributed by atoms with Gasteiger partial charge in [-0.05, 0) is 26.3 Å². The van der Waals surface area contributed by atoms with Gasteiger partial charge in [-0.2, -0.15) is 0 Å². The fraction of sp³-hybridized carbons (Fsp3) is 0.700. The minimum Gasteiger partial charge on any atom is -0.294 e. The monoisotopic (exact) mass is 154 g/mol. The van der Waals surface area contributed by atoms with Crippen LogP contribution >= 0.6 is 0 Å². The highest BCUT2D eigenvalue weighted by Gasteiger charge is 2.22. The van der Waals surface area contributed by atoms with E-state index in [9.17, 15) is 4.79 Å². The van der Waals surface area contributed by atoms with E-state index in [0.717, 1.165) is 12.0 Å². The molecule has 1 nitrogen and oxygen atoms in total. The van der Waals surface area contributed by atoms with Crippen molar-refractivity contribution in [1.29, 1.82) is 0 Å². The largest absolute Gasteiger partial charge is 0.294 e. The van der Waals surface area contributed by atoms with Crippen molar-refractivity contribution >= 4 is 5.78 Å². The first-order valence-electron chi connectivity index (χ1n) is 4.09. The molecule has 0 bridgehead atoms. The van der Waals surface area contributed by atoms with Crippen molar-refractivity contribution in [1.82, 2.24) is 0 Å². The Morgan fingerprint density at radius 2 is 1.82 bits per heavy atom. The van der Waals surface area contributed by atoms with Gasteiger partial charge in [-0.1, -0.05) is 26.3 Å². The molecule has 64 valence electrons. The molecule has 0 amide bonds. The van der Waals surface area contributed by atoms with E-state index in [1.165, 1.54) is 0 Å². The second-order valence-corrected chi connectivity index (χ2v) is 3.82. The standard InChI is InChI=1S/C10H18O/c1-6-10(4,5)9(11)7-8(2)3/h7H,6H2,1-5H3. The molecule has 0 N–H and O–H groups in total. The molecule has 0 aliphatic rings. The van der Waals surface area contributed by atoms with Gasteiger partial charge in [0.15, 0.2) is 5.78 Å². The van der Waals surface area contributed by atoms with Crippen LogP contribution in [0.25, 0.3) is 0 Å². The number of allylic oxidation sites excluding steroid dienone is 2. The van der Waals surface area contributed by atoms with Crippen LogP contribution < -0.4 is 0 Å². The second-order valence-electron chi connectivity index (χ2n) is 3.82. The van der Waals surface area contributed by atoms with Gasteiger partial charge in [0.25, 0.3) is 0 Å². The van der Waals surface area contributed by atoms with Gasteiger partial charge in [0, 0.05) is 5.41 Å². The molecule has 0 rings (SSSR count). The zero-order valence-corrected chi connectivity index (χ0v) is 8.19. The molecular formula is C10H18O. The minimum atomic E-state index is -0.183. The van der Waals surface area contributed by atoms with E-state index in [1.807, 2.05) is 34.6 Å². The number of rotatable bonds is 3. The first-order valence-corrected chi connectivity index (χ1v) is 4.09. The third kappa shape index (κ3) is 3.35. The Kier molecular flexibility index (Phi) is 3.50. The summed E-state index contributed by atoms with van der Waals surface area (Å²) in [6, 6.07) is 0. The van der Waals surface area contributed by atoms with Crippen LogP contribution in [0.2, 0.25) is 0 Å². The van der Waals surface area contributed by atoms with Crippen molar-refractivity contribution in [3.63, 3.8) is 0 Å². The van der Waals surface area contributed by atoms with Gasteiger partial charge in [-0.15, -0.1) is 0 Å². The zero-order chi connectivity index (χ0) is 9.07. The molecule has 0 saturated heterocycles. The Balaban J connectivity index is 4.37. The van der Waals surface area contributed by atoms with E-state index in [1.54, 1.807) is 6.08 Å². The SMILES string of the molecule is CCC(C)(C)C(=O)C=C(C)C. The molecule has 11 heavy (non-hydrogen) atoms.